The van der Waals surface area contributed by atoms with Gasteiger partial charge in [0.2, 0.25) is 0 Å². The van der Waals surface area contributed by atoms with E-state index in [0.717, 1.165) is 12.8 Å². The fourth-order valence-electron chi connectivity index (χ4n) is 1.45. The Balaban J connectivity index is 2.92. The van der Waals surface area contributed by atoms with E-state index in [1.54, 1.807) is 0 Å². The first-order valence-electron chi connectivity index (χ1n) is 4.90. The molecule has 74 valence electrons. The molecule has 0 saturated heterocycles. The first-order chi connectivity index (χ1) is 6.69. The lowest BCUT2D eigenvalue weighted by atomic mass is 9.97. The van der Waals surface area contributed by atoms with Gasteiger partial charge in [-0.1, -0.05) is 41.9 Å². The van der Waals surface area contributed by atoms with Crippen LogP contribution in [0.4, 0.5) is 0 Å². The maximum absolute atomic E-state index is 5.30. The Morgan fingerprint density at radius 3 is 2.71 bits per heavy atom. The van der Waals surface area contributed by atoms with Crippen molar-refractivity contribution in [2.24, 2.45) is 0 Å². The molecular formula is C13H15Br. The molecule has 1 aromatic rings. The molecule has 0 aromatic heterocycles. The maximum Gasteiger partial charge on any atom is 0.0210 e. The number of hydrogen-bond acceptors (Lipinski definition) is 0. The van der Waals surface area contributed by atoms with Gasteiger partial charge in [-0.2, -0.15) is 0 Å². The van der Waals surface area contributed by atoms with E-state index in [0.29, 0.717) is 5.92 Å². The third kappa shape index (κ3) is 2.62. The molecule has 0 aliphatic carbocycles. The maximum atomic E-state index is 5.30. The minimum Gasteiger partial charge on any atom is -0.120 e. The van der Waals surface area contributed by atoms with Gasteiger partial charge < -0.3 is 0 Å². The zero-order chi connectivity index (χ0) is 10.6. The van der Waals surface area contributed by atoms with Crippen molar-refractivity contribution in [2.75, 3.05) is 0 Å². The molecule has 1 atom stereocenters. The van der Waals surface area contributed by atoms with Crippen LogP contribution in [0.15, 0.2) is 22.7 Å². The van der Waals surface area contributed by atoms with Crippen molar-refractivity contribution in [3.8, 4) is 12.3 Å². The van der Waals surface area contributed by atoms with Crippen molar-refractivity contribution < 1.29 is 0 Å². The van der Waals surface area contributed by atoms with Crippen molar-refractivity contribution in [1.29, 1.82) is 0 Å². The monoisotopic (exact) mass is 250 g/mol. The second-order valence-electron chi connectivity index (χ2n) is 3.51. The number of rotatable bonds is 3. The Kier molecular flexibility index (Phi) is 4.22. The average molecular weight is 251 g/mol. The van der Waals surface area contributed by atoms with E-state index in [9.17, 15) is 0 Å². The van der Waals surface area contributed by atoms with E-state index < -0.39 is 0 Å². The molecular weight excluding hydrogens is 236 g/mol. The van der Waals surface area contributed by atoms with Crippen LogP contribution in [0.2, 0.25) is 0 Å². The zero-order valence-corrected chi connectivity index (χ0v) is 10.3. The van der Waals surface area contributed by atoms with Gasteiger partial charge in [-0.3, -0.25) is 0 Å². The van der Waals surface area contributed by atoms with Crippen molar-refractivity contribution in [1.82, 2.24) is 0 Å². The van der Waals surface area contributed by atoms with E-state index in [-0.39, 0.29) is 0 Å². The highest BCUT2D eigenvalue weighted by Crippen LogP contribution is 2.25. The topological polar surface area (TPSA) is 0 Å². The molecule has 1 unspecified atom stereocenters. The van der Waals surface area contributed by atoms with Gasteiger partial charge in [-0.15, -0.1) is 12.3 Å². The summed E-state index contributed by atoms with van der Waals surface area (Å²) in [6.45, 7) is 4.32. The summed E-state index contributed by atoms with van der Waals surface area (Å²) in [5, 5.41) is 0. The van der Waals surface area contributed by atoms with Crippen LogP contribution in [0.25, 0.3) is 0 Å². The molecule has 0 aliphatic rings. The van der Waals surface area contributed by atoms with Crippen LogP contribution >= 0.6 is 15.9 Å². The summed E-state index contributed by atoms with van der Waals surface area (Å²) in [6, 6.07) is 6.53. The van der Waals surface area contributed by atoms with Crippen molar-refractivity contribution >= 4 is 15.9 Å². The van der Waals surface area contributed by atoms with Gasteiger partial charge in [0, 0.05) is 10.9 Å². The number of aryl methyl sites for hydroxylation is 1. The highest BCUT2D eigenvalue weighted by atomic mass is 79.9. The number of hydrogen-bond donors (Lipinski definition) is 0. The predicted molar refractivity (Wildman–Crippen MR) is 65.4 cm³/mol. The molecule has 1 heteroatoms. The highest BCUT2D eigenvalue weighted by molar-refractivity contribution is 9.10. The second kappa shape index (κ2) is 5.22. The minimum absolute atomic E-state index is 0.446. The third-order valence-corrected chi connectivity index (χ3v) is 3.19. The molecule has 1 aromatic carbocycles. The van der Waals surface area contributed by atoms with Gasteiger partial charge in [0.15, 0.2) is 0 Å². The van der Waals surface area contributed by atoms with Crippen LogP contribution in [0.1, 0.15) is 37.3 Å². The molecule has 14 heavy (non-hydrogen) atoms. The van der Waals surface area contributed by atoms with Crippen LogP contribution in [0.3, 0.4) is 0 Å². The van der Waals surface area contributed by atoms with E-state index >= 15 is 0 Å². The first kappa shape index (κ1) is 11.3. The average Bonchev–Trinajstić information content (AvgIpc) is 2.18. The third-order valence-electron chi connectivity index (χ3n) is 2.45. The van der Waals surface area contributed by atoms with Crippen LogP contribution in [0.5, 0.6) is 0 Å². The number of terminal acetylenes is 1. The van der Waals surface area contributed by atoms with E-state index in [1.807, 2.05) is 0 Å². The van der Waals surface area contributed by atoms with E-state index in [1.165, 1.54) is 15.6 Å². The Hall–Kier alpha value is -0.740. The largest absolute Gasteiger partial charge is 0.120 e. The minimum atomic E-state index is 0.446. The summed E-state index contributed by atoms with van der Waals surface area (Å²) >= 11 is 3.58. The van der Waals surface area contributed by atoms with Gasteiger partial charge >= 0.3 is 0 Å². The van der Waals surface area contributed by atoms with Gasteiger partial charge in [-0.25, -0.2) is 0 Å². The Morgan fingerprint density at radius 2 is 2.21 bits per heavy atom. The highest BCUT2D eigenvalue weighted by Gasteiger charge is 2.05. The van der Waals surface area contributed by atoms with Crippen molar-refractivity contribution in [3.05, 3.63) is 33.8 Å². The summed E-state index contributed by atoms with van der Waals surface area (Å²) in [5.74, 6) is 3.15. The summed E-state index contributed by atoms with van der Waals surface area (Å²) < 4.78 is 1.20. The number of benzene rings is 1. The first-order valence-corrected chi connectivity index (χ1v) is 5.70. The van der Waals surface area contributed by atoms with Crippen LogP contribution in [-0.4, -0.2) is 0 Å². The molecule has 0 bridgehead atoms. The lowest BCUT2D eigenvalue weighted by molar-refractivity contribution is 0.794. The van der Waals surface area contributed by atoms with Crippen LogP contribution in [0, 0.1) is 12.3 Å². The van der Waals surface area contributed by atoms with Crippen molar-refractivity contribution in [2.45, 2.75) is 32.6 Å². The van der Waals surface area contributed by atoms with Gasteiger partial charge in [0.05, 0.1) is 0 Å². The molecule has 0 saturated carbocycles. The van der Waals surface area contributed by atoms with E-state index in [2.05, 4.69) is 53.9 Å². The predicted octanol–water partition coefficient (Wildman–Crippen LogP) is 4.14. The molecule has 0 nitrogen and oxygen atoms in total. The fourth-order valence-corrected chi connectivity index (χ4v) is 2.13. The molecule has 1 rings (SSSR count). The normalized spacial score (nSPS) is 12.1. The quantitative estimate of drug-likeness (QED) is 0.708. The molecule has 0 radical (unpaired) electrons. The molecule has 0 amide bonds. The Labute approximate surface area is 94.9 Å². The SMILES string of the molecule is C#CCC(C)c1ccc(CC)c(Br)c1. The second-order valence-corrected chi connectivity index (χ2v) is 4.37. The standard InChI is InChI=1S/C13H15Br/c1-4-6-10(3)12-8-7-11(5-2)13(14)9-12/h1,7-10H,5-6H2,2-3H3. The van der Waals surface area contributed by atoms with Crippen molar-refractivity contribution in [3.63, 3.8) is 0 Å². The molecule has 0 aliphatic heterocycles. The smallest absolute Gasteiger partial charge is 0.0210 e. The lowest BCUT2D eigenvalue weighted by Crippen LogP contribution is -1.93. The van der Waals surface area contributed by atoms with Gasteiger partial charge in [0.1, 0.15) is 0 Å². The molecule has 0 heterocycles. The molecule has 0 spiro atoms. The zero-order valence-electron chi connectivity index (χ0n) is 8.68. The van der Waals surface area contributed by atoms with Gasteiger partial charge in [-0.05, 0) is 29.5 Å². The summed E-state index contributed by atoms with van der Waals surface area (Å²) in [4.78, 5) is 0. The van der Waals surface area contributed by atoms with Gasteiger partial charge in [0.25, 0.3) is 0 Å². The molecule has 0 N–H and O–H groups in total. The number of halogens is 1. The lowest BCUT2D eigenvalue weighted by Gasteiger charge is -2.10. The molecule has 0 fully saturated rings. The Bertz CT molecular complexity index is 347. The summed E-state index contributed by atoms with van der Waals surface area (Å²) in [6.07, 6.45) is 7.16. The Morgan fingerprint density at radius 1 is 1.50 bits per heavy atom. The van der Waals surface area contributed by atoms with E-state index in [4.69, 9.17) is 6.42 Å². The summed E-state index contributed by atoms with van der Waals surface area (Å²) in [7, 11) is 0. The summed E-state index contributed by atoms with van der Waals surface area (Å²) in [5.41, 5.74) is 2.66. The fraction of sp³-hybridized carbons (Fsp3) is 0.385. The van der Waals surface area contributed by atoms with Crippen LogP contribution < -0.4 is 0 Å². The van der Waals surface area contributed by atoms with Crippen LogP contribution in [-0.2, 0) is 6.42 Å².